The monoisotopic (exact) mass is 1190 g/mol. The summed E-state index contributed by atoms with van der Waals surface area (Å²) in [5, 5.41) is 89.7. The lowest BCUT2D eigenvalue weighted by Crippen LogP contribution is -2.06. The fourth-order valence-corrected chi connectivity index (χ4v) is 5.08. The van der Waals surface area contributed by atoms with Crippen LogP contribution in [0.3, 0.4) is 0 Å². The van der Waals surface area contributed by atoms with Crippen molar-refractivity contribution in [1.29, 1.82) is 0 Å². The number of hydrogen-bond acceptors (Lipinski definition) is 11. The first-order valence-corrected chi connectivity index (χ1v) is 31.5. The summed E-state index contributed by atoms with van der Waals surface area (Å²) in [6, 6.07) is 0. The van der Waals surface area contributed by atoms with Crippen LogP contribution in [0.1, 0.15) is 329 Å². The lowest BCUT2D eigenvalue weighted by Gasteiger charge is -1.98. The lowest BCUT2D eigenvalue weighted by atomic mass is 10.1. The van der Waals surface area contributed by atoms with Crippen LogP contribution in [-0.2, 0) is 33.6 Å². The molecule has 0 aromatic rings. The second kappa shape index (κ2) is 99.2. The van der Waals surface area contributed by atoms with E-state index in [1.807, 2.05) is 41.5 Å². The summed E-state index contributed by atoms with van der Waals surface area (Å²) >= 11 is 0. The highest BCUT2D eigenvalue weighted by Gasteiger charge is 2.05. The lowest BCUT2D eigenvalue weighted by molar-refractivity contribution is -0.141. The Kier molecular flexibility index (Phi) is 125. The summed E-state index contributed by atoms with van der Waals surface area (Å²) in [4.78, 5) is 69.8. The zero-order chi connectivity index (χ0) is 66.2. The largest absolute Gasteiger partial charge is 0.481 e. The highest BCUT2D eigenvalue weighted by atomic mass is 16.4. The van der Waals surface area contributed by atoms with Crippen LogP contribution in [0.2, 0.25) is 0 Å². The number of carboxylic acid groups (broad SMARTS) is 7. The maximum atomic E-state index is 10.1. The van der Waals surface area contributed by atoms with Crippen molar-refractivity contribution in [2.45, 2.75) is 335 Å². The molecule has 0 saturated carbocycles. The van der Waals surface area contributed by atoms with E-state index < -0.39 is 41.8 Å². The SMILES string of the molecule is CC(C)CC(=O)O.CC(C)CO.CC(C)O.CCC(C)C(=O)O.CCCCCC(=O)O.CCCCCCC(=O)O.CCCCCCCC(=O)O.CCCCCCCCC(=O)O.CCCCCCCCCC(=O)O.CCCCO.CCCO. The second-order valence-corrected chi connectivity index (χ2v) is 20.9. The van der Waals surface area contributed by atoms with E-state index in [1.165, 1.54) is 83.5 Å². The molecule has 0 aliphatic rings. The number of aliphatic hydroxyl groups excluding tert-OH is 4. The predicted molar refractivity (Wildman–Crippen MR) is 338 cm³/mol. The number of unbranched alkanes of at least 4 members (excludes halogenated alkanes) is 21. The van der Waals surface area contributed by atoms with Gasteiger partial charge in [-0.1, -0.05) is 225 Å². The number of carboxylic acids is 7. The molecule has 0 aliphatic heterocycles. The average Bonchev–Trinajstić information content (AvgIpc) is 3.39. The normalized spacial score (nSPS) is 9.78. The molecule has 0 heterocycles. The van der Waals surface area contributed by atoms with Gasteiger partial charge in [-0.3, -0.25) is 33.6 Å². The molecule has 0 fully saturated rings. The molecule has 0 bridgehead atoms. The Morgan fingerprint density at radius 1 is 0.293 bits per heavy atom. The molecular formula is C64H136O18. The molecule has 500 valence electrons. The Balaban J connectivity index is -0.0000000764. The summed E-state index contributed by atoms with van der Waals surface area (Å²) in [5.41, 5.74) is 0. The van der Waals surface area contributed by atoms with Crippen LogP contribution in [-0.4, -0.2) is 124 Å². The quantitative estimate of drug-likeness (QED) is 0.0256. The number of rotatable bonds is 38. The van der Waals surface area contributed by atoms with Crippen molar-refractivity contribution in [2.24, 2.45) is 17.8 Å². The number of aliphatic hydroxyl groups is 4. The minimum atomic E-state index is -0.713. The van der Waals surface area contributed by atoms with Crippen molar-refractivity contribution in [2.75, 3.05) is 19.8 Å². The Morgan fingerprint density at radius 2 is 0.488 bits per heavy atom. The summed E-state index contributed by atoms with van der Waals surface area (Å²) in [6.45, 7) is 30.4. The van der Waals surface area contributed by atoms with Gasteiger partial charge in [-0.05, 0) is 77.0 Å². The van der Waals surface area contributed by atoms with Gasteiger partial charge in [0.2, 0.25) is 0 Å². The first kappa shape index (κ1) is 103. The smallest absolute Gasteiger partial charge is 0.306 e. The highest BCUT2D eigenvalue weighted by Crippen LogP contribution is 2.09. The van der Waals surface area contributed by atoms with Gasteiger partial charge in [-0.15, -0.1) is 0 Å². The number of aliphatic carboxylic acids is 7. The molecule has 0 radical (unpaired) electrons. The van der Waals surface area contributed by atoms with E-state index in [4.69, 9.17) is 56.2 Å². The molecule has 0 spiro atoms. The molecule has 1 atom stereocenters. The molecular weight excluding hydrogens is 1060 g/mol. The van der Waals surface area contributed by atoms with Crippen LogP contribution in [0.25, 0.3) is 0 Å². The van der Waals surface area contributed by atoms with Gasteiger partial charge in [-0.2, -0.15) is 0 Å². The standard InChI is InChI=1S/C10H20O2.C9H18O2.C8H16O2.C7H14O2.C6H12O2.2C5H10O2.2C4H10O.2C3H8O/c1-2-3-4-5-6-7-8-9-10(11)12;1-2-3-4-5-6-7-8-9(10)11;1-2-3-4-5-6-7-8(9)10;1-2-3-4-5-6-7(8)9;1-2-3-4-5-6(7)8;1-4(2)3-5(6)7;1-3-4(2)5(6)7;1-4(2)3-5;1-2-3-4-5;1-3(2)4;1-2-3-4/h2-9H2,1H3,(H,11,12);2-8H2,1H3,(H,10,11);2-7H2,1H3,(H,9,10);2-6H2,1H3,(H,8,9);2-5H2,1H3,(H,7,8);2*4H,3H2,1-2H3,(H,6,7);4-5H,3H2,1-2H3;5H,2-4H2,1H3;3-4H,1-2H3;4H,2-3H2,1H3. The Bertz CT molecular complexity index is 1220. The Labute approximate surface area is 502 Å². The van der Waals surface area contributed by atoms with Crippen molar-refractivity contribution in [1.82, 2.24) is 0 Å². The van der Waals surface area contributed by atoms with E-state index in [0.717, 1.165) is 103 Å². The summed E-state index contributed by atoms with van der Waals surface area (Å²) in [6.07, 6.45) is 33.4. The molecule has 0 amide bonds. The summed E-state index contributed by atoms with van der Waals surface area (Å²) in [7, 11) is 0. The number of hydrogen-bond donors (Lipinski definition) is 11. The zero-order valence-corrected chi connectivity index (χ0v) is 55.5. The molecule has 11 N–H and O–H groups in total. The van der Waals surface area contributed by atoms with Gasteiger partial charge < -0.3 is 56.2 Å². The molecule has 18 heteroatoms. The van der Waals surface area contributed by atoms with E-state index in [9.17, 15) is 33.6 Å². The minimum Gasteiger partial charge on any atom is -0.481 e. The van der Waals surface area contributed by atoms with Gasteiger partial charge in [0, 0.05) is 64.4 Å². The third kappa shape index (κ3) is 202. The maximum absolute atomic E-state index is 10.1. The van der Waals surface area contributed by atoms with E-state index in [2.05, 4.69) is 41.5 Å². The first-order chi connectivity index (χ1) is 38.5. The third-order valence-electron chi connectivity index (χ3n) is 10.2. The van der Waals surface area contributed by atoms with E-state index in [0.29, 0.717) is 57.8 Å². The van der Waals surface area contributed by atoms with Crippen molar-refractivity contribution in [3.05, 3.63) is 0 Å². The zero-order valence-electron chi connectivity index (χ0n) is 55.5. The fraction of sp³-hybridized carbons (Fsp3) is 0.891. The van der Waals surface area contributed by atoms with Crippen LogP contribution in [0.4, 0.5) is 0 Å². The molecule has 0 aromatic heterocycles. The third-order valence-corrected chi connectivity index (χ3v) is 10.2. The molecule has 1 unspecified atom stereocenters. The second-order valence-electron chi connectivity index (χ2n) is 20.9. The van der Waals surface area contributed by atoms with Crippen molar-refractivity contribution in [3.8, 4) is 0 Å². The van der Waals surface area contributed by atoms with Crippen LogP contribution in [0, 0.1) is 17.8 Å². The van der Waals surface area contributed by atoms with Crippen LogP contribution >= 0.6 is 0 Å². The average molecular weight is 1190 g/mol. The molecule has 0 rings (SSSR count). The van der Waals surface area contributed by atoms with Crippen LogP contribution in [0.15, 0.2) is 0 Å². The molecule has 0 aromatic carbocycles. The Morgan fingerprint density at radius 3 is 0.598 bits per heavy atom. The van der Waals surface area contributed by atoms with Crippen molar-refractivity contribution in [3.63, 3.8) is 0 Å². The van der Waals surface area contributed by atoms with Crippen LogP contribution in [0.5, 0.6) is 0 Å². The van der Waals surface area contributed by atoms with E-state index in [-0.39, 0.29) is 24.4 Å². The van der Waals surface area contributed by atoms with Gasteiger partial charge >= 0.3 is 41.8 Å². The highest BCUT2D eigenvalue weighted by molar-refractivity contribution is 5.69. The molecule has 0 saturated heterocycles. The Hall–Kier alpha value is -3.87. The topological polar surface area (TPSA) is 342 Å². The first-order valence-electron chi connectivity index (χ1n) is 31.5. The molecule has 18 nitrogen and oxygen atoms in total. The molecule has 82 heavy (non-hydrogen) atoms. The minimum absolute atomic E-state index is 0.167. The van der Waals surface area contributed by atoms with Gasteiger partial charge in [0.25, 0.3) is 0 Å². The van der Waals surface area contributed by atoms with Gasteiger partial charge in [-0.25, -0.2) is 0 Å². The van der Waals surface area contributed by atoms with E-state index in [1.54, 1.807) is 20.8 Å². The summed E-state index contributed by atoms with van der Waals surface area (Å²) < 4.78 is 0. The van der Waals surface area contributed by atoms with Gasteiger partial charge in [0.05, 0.1) is 5.92 Å². The van der Waals surface area contributed by atoms with Gasteiger partial charge in [0.1, 0.15) is 0 Å². The van der Waals surface area contributed by atoms with Crippen LogP contribution < -0.4 is 0 Å². The fourth-order valence-electron chi connectivity index (χ4n) is 5.08. The predicted octanol–water partition coefficient (Wildman–Crippen LogP) is 16.6. The number of carbonyl (C=O) groups is 7. The van der Waals surface area contributed by atoms with Crippen molar-refractivity contribution < 1.29 is 89.7 Å². The maximum Gasteiger partial charge on any atom is 0.306 e. The van der Waals surface area contributed by atoms with Crippen molar-refractivity contribution >= 4 is 41.8 Å². The molecule has 0 aliphatic carbocycles. The summed E-state index contributed by atoms with van der Waals surface area (Å²) in [5.74, 6) is -4.24. The van der Waals surface area contributed by atoms with E-state index >= 15 is 0 Å². The van der Waals surface area contributed by atoms with Gasteiger partial charge in [0.15, 0.2) is 0 Å².